The minimum atomic E-state index is -4.49. The number of nitrogens with one attached hydrogen (secondary N) is 2. The molecule has 0 fully saturated rings. The molecule has 0 bridgehead atoms. The van der Waals surface area contributed by atoms with E-state index in [4.69, 9.17) is 11.6 Å². The first-order valence-corrected chi connectivity index (χ1v) is 10.8. The van der Waals surface area contributed by atoms with E-state index in [9.17, 15) is 26.4 Å². The Morgan fingerprint density at radius 1 is 0.935 bits per heavy atom. The number of rotatable bonds is 6. The number of halogens is 4. The highest BCUT2D eigenvalue weighted by molar-refractivity contribution is 7.92. The van der Waals surface area contributed by atoms with Crippen LogP contribution in [0.5, 0.6) is 0 Å². The van der Waals surface area contributed by atoms with Gasteiger partial charge in [-0.1, -0.05) is 23.7 Å². The quantitative estimate of drug-likeness (QED) is 0.531. The second kappa shape index (κ2) is 8.99. The predicted octanol–water partition coefficient (Wildman–Crippen LogP) is 5.05. The normalized spacial score (nSPS) is 12.3. The number of carbonyl (C=O) groups is 1. The van der Waals surface area contributed by atoms with E-state index in [0.717, 1.165) is 12.1 Å². The van der Waals surface area contributed by atoms with Gasteiger partial charge in [-0.3, -0.25) is 9.52 Å². The van der Waals surface area contributed by atoms with Gasteiger partial charge in [-0.25, -0.2) is 21.6 Å². The lowest BCUT2D eigenvalue weighted by atomic mass is 10.1. The molecule has 162 valence electrons. The Kier molecular flexibility index (Phi) is 6.56. The van der Waals surface area contributed by atoms with Crippen molar-refractivity contribution in [1.29, 1.82) is 0 Å². The monoisotopic (exact) mass is 468 g/mol. The number of hydrogen-bond donors (Lipinski definition) is 2. The van der Waals surface area contributed by atoms with Crippen molar-refractivity contribution in [1.82, 2.24) is 5.32 Å². The molecule has 0 aliphatic heterocycles. The summed E-state index contributed by atoms with van der Waals surface area (Å²) >= 11 is 5.94. The first-order valence-electron chi connectivity index (χ1n) is 8.90. The Morgan fingerprint density at radius 3 is 2.23 bits per heavy atom. The molecule has 3 aromatic rings. The Bertz CT molecular complexity index is 1240. The summed E-state index contributed by atoms with van der Waals surface area (Å²) in [5.74, 6) is -3.30. The number of hydrogen-bond acceptors (Lipinski definition) is 3. The number of benzene rings is 3. The average Bonchev–Trinajstić information content (AvgIpc) is 2.67. The van der Waals surface area contributed by atoms with E-state index in [0.29, 0.717) is 11.6 Å². The van der Waals surface area contributed by atoms with Crippen LogP contribution in [0.4, 0.5) is 18.9 Å². The Hall–Kier alpha value is -3.04. The highest BCUT2D eigenvalue weighted by Gasteiger charge is 2.23. The van der Waals surface area contributed by atoms with Crippen molar-refractivity contribution in [3.05, 3.63) is 94.3 Å². The van der Waals surface area contributed by atoms with E-state index in [1.807, 2.05) is 0 Å². The zero-order chi connectivity index (χ0) is 22.8. The predicted molar refractivity (Wildman–Crippen MR) is 111 cm³/mol. The molecular weight excluding hydrogens is 453 g/mol. The van der Waals surface area contributed by atoms with E-state index in [-0.39, 0.29) is 16.3 Å². The van der Waals surface area contributed by atoms with E-state index in [2.05, 4.69) is 10.0 Å². The maximum atomic E-state index is 14.0. The summed E-state index contributed by atoms with van der Waals surface area (Å²) < 4.78 is 67.6. The van der Waals surface area contributed by atoms with Crippen LogP contribution >= 0.6 is 11.6 Å². The third kappa shape index (κ3) is 5.36. The third-order valence-corrected chi connectivity index (χ3v) is 6.01. The highest BCUT2D eigenvalue weighted by Crippen LogP contribution is 2.26. The minimum absolute atomic E-state index is 0.0792. The van der Waals surface area contributed by atoms with Crippen molar-refractivity contribution >= 4 is 33.2 Å². The van der Waals surface area contributed by atoms with Crippen LogP contribution in [-0.2, 0) is 10.0 Å². The van der Waals surface area contributed by atoms with Gasteiger partial charge in [0, 0.05) is 11.1 Å². The van der Waals surface area contributed by atoms with E-state index in [1.165, 1.54) is 42.5 Å². The Labute approximate surface area is 181 Å². The lowest BCUT2D eigenvalue weighted by Crippen LogP contribution is -2.28. The zero-order valence-electron chi connectivity index (χ0n) is 16.0. The van der Waals surface area contributed by atoms with Crippen LogP contribution in [0, 0.1) is 17.5 Å². The summed E-state index contributed by atoms with van der Waals surface area (Å²) in [6.45, 7) is 1.67. The summed E-state index contributed by atoms with van der Waals surface area (Å²) in [5, 5.41) is 2.80. The molecule has 5 nitrogen and oxygen atoms in total. The third-order valence-electron chi connectivity index (χ3n) is 4.37. The maximum Gasteiger partial charge on any atom is 0.264 e. The van der Waals surface area contributed by atoms with Gasteiger partial charge in [-0.15, -0.1) is 0 Å². The minimum Gasteiger partial charge on any atom is -0.345 e. The Balaban J connectivity index is 1.89. The number of sulfonamides is 1. The standard InChI is InChI=1S/C21H16ClF3N2O3S/c1-12(13-2-5-15(23)6-3-13)26-21(28)17-8-4-14(22)10-19(17)27-31(29,30)20-9-7-16(24)11-18(20)25/h2-12,27H,1H3,(H,26,28). The van der Waals surface area contributed by atoms with Gasteiger partial charge in [0.1, 0.15) is 22.3 Å². The van der Waals surface area contributed by atoms with E-state index >= 15 is 0 Å². The molecule has 0 heterocycles. The van der Waals surface area contributed by atoms with Gasteiger partial charge in [0.05, 0.1) is 17.3 Å². The lowest BCUT2D eigenvalue weighted by molar-refractivity contribution is 0.0941. The number of anilines is 1. The van der Waals surface area contributed by atoms with Crippen LogP contribution in [0.2, 0.25) is 5.02 Å². The molecule has 31 heavy (non-hydrogen) atoms. The van der Waals surface area contributed by atoms with Crippen molar-refractivity contribution in [2.24, 2.45) is 0 Å². The molecule has 1 unspecified atom stereocenters. The lowest BCUT2D eigenvalue weighted by Gasteiger charge is -2.17. The van der Waals surface area contributed by atoms with Gasteiger partial charge in [-0.2, -0.15) is 0 Å². The largest absolute Gasteiger partial charge is 0.345 e. The van der Waals surface area contributed by atoms with Crippen LogP contribution in [-0.4, -0.2) is 14.3 Å². The Morgan fingerprint density at radius 2 is 1.58 bits per heavy atom. The summed E-state index contributed by atoms with van der Waals surface area (Å²) in [7, 11) is -4.49. The fraction of sp³-hybridized carbons (Fsp3) is 0.0952. The van der Waals surface area contributed by atoms with E-state index < -0.39 is 44.3 Å². The first kappa shape index (κ1) is 22.6. The van der Waals surface area contributed by atoms with Crippen LogP contribution in [0.25, 0.3) is 0 Å². The van der Waals surface area contributed by atoms with Gasteiger partial charge in [-0.05, 0) is 55.0 Å². The molecule has 3 rings (SSSR count). The molecule has 0 aromatic heterocycles. The molecule has 0 spiro atoms. The molecule has 0 saturated carbocycles. The molecule has 2 N–H and O–H groups in total. The molecule has 0 saturated heterocycles. The van der Waals surface area contributed by atoms with Gasteiger partial charge in [0.2, 0.25) is 0 Å². The van der Waals surface area contributed by atoms with E-state index in [1.54, 1.807) is 6.92 Å². The smallest absolute Gasteiger partial charge is 0.264 e. The van der Waals surface area contributed by atoms with Gasteiger partial charge >= 0.3 is 0 Å². The first-order chi connectivity index (χ1) is 14.6. The van der Waals surface area contributed by atoms with Crippen LogP contribution in [0.1, 0.15) is 28.9 Å². The average molecular weight is 469 g/mol. The second-order valence-electron chi connectivity index (χ2n) is 6.62. The summed E-state index contributed by atoms with van der Waals surface area (Å²) in [4.78, 5) is 12.0. The molecule has 10 heteroatoms. The molecule has 0 radical (unpaired) electrons. The fourth-order valence-corrected chi connectivity index (χ4v) is 4.10. The second-order valence-corrected chi connectivity index (χ2v) is 8.70. The van der Waals surface area contributed by atoms with Gasteiger partial charge in [0.25, 0.3) is 15.9 Å². The summed E-state index contributed by atoms with van der Waals surface area (Å²) in [6, 6.07) is 10.9. The van der Waals surface area contributed by atoms with Gasteiger partial charge in [0.15, 0.2) is 0 Å². The molecule has 3 aromatic carbocycles. The van der Waals surface area contributed by atoms with Crippen LogP contribution in [0.3, 0.4) is 0 Å². The van der Waals surface area contributed by atoms with Crippen molar-refractivity contribution in [3.8, 4) is 0 Å². The fourth-order valence-electron chi connectivity index (χ4n) is 2.80. The topological polar surface area (TPSA) is 75.3 Å². The van der Waals surface area contributed by atoms with Crippen LogP contribution < -0.4 is 10.0 Å². The number of carbonyl (C=O) groups excluding carboxylic acids is 1. The summed E-state index contributed by atoms with van der Waals surface area (Å²) in [6.07, 6.45) is 0. The molecule has 1 atom stereocenters. The summed E-state index contributed by atoms with van der Waals surface area (Å²) in [5.41, 5.74) is 0.351. The molecule has 0 aliphatic rings. The molecule has 0 aliphatic carbocycles. The van der Waals surface area contributed by atoms with Crippen molar-refractivity contribution < 1.29 is 26.4 Å². The molecular formula is C21H16ClF3N2O3S. The highest BCUT2D eigenvalue weighted by atomic mass is 35.5. The SMILES string of the molecule is CC(NC(=O)c1ccc(Cl)cc1NS(=O)(=O)c1ccc(F)cc1F)c1ccc(F)cc1. The van der Waals surface area contributed by atoms with Crippen molar-refractivity contribution in [3.63, 3.8) is 0 Å². The zero-order valence-corrected chi connectivity index (χ0v) is 17.6. The number of amides is 1. The van der Waals surface area contributed by atoms with Gasteiger partial charge < -0.3 is 5.32 Å². The van der Waals surface area contributed by atoms with Crippen molar-refractivity contribution in [2.75, 3.05) is 4.72 Å². The van der Waals surface area contributed by atoms with Crippen LogP contribution in [0.15, 0.2) is 65.6 Å². The molecule has 1 amide bonds. The maximum absolute atomic E-state index is 14.0. The van der Waals surface area contributed by atoms with Crippen molar-refractivity contribution in [2.45, 2.75) is 17.9 Å².